The van der Waals surface area contributed by atoms with Gasteiger partial charge in [-0.25, -0.2) is 0 Å². The lowest BCUT2D eigenvalue weighted by Gasteiger charge is -2.15. The first kappa shape index (κ1) is 10.7. The number of aliphatic hydroxyl groups excluding tert-OH is 1. The topological polar surface area (TPSA) is 46.2 Å². The molecule has 0 radical (unpaired) electrons. The van der Waals surface area contributed by atoms with Crippen molar-refractivity contribution in [2.45, 2.75) is 26.0 Å². The summed E-state index contributed by atoms with van der Waals surface area (Å²) in [6.45, 7) is 3.70. The van der Waals surface area contributed by atoms with Crippen LogP contribution in [0.25, 0.3) is 0 Å². The van der Waals surface area contributed by atoms with Crippen LogP contribution in [0.3, 0.4) is 0 Å². The second-order valence-corrected chi connectivity index (χ2v) is 4.13. The molecular weight excluding hydrogens is 230 g/mol. The third kappa shape index (κ3) is 2.53. The minimum Gasteiger partial charge on any atom is -0.391 e. The van der Waals surface area contributed by atoms with Crippen molar-refractivity contribution in [2.75, 3.05) is 0 Å². The fraction of sp³-hybridized carbons (Fsp3) is 0.400. The van der Waals surface area contributed by atoms with Crippen LogP contribution >= 0.6 is 15.9 Å². The van der Waals surface area contributed by atoms with Gasteiger partial charge in [0.25, 0.3) is 0 Å². The average molecular weight is 244 g/mol. The molecule has 3 N–H and O–H groups in total. The summed E-state index contributed by atoms with van der Waals surface area (Å²) in [5.74, 6) is 0. The fourth-order valence-electron chi connectivity index (χ4n) is 1.15. The summed E-state index contributed by atoms with van der Waals surface area (Å²) in [6.07, 6.45) is -0.513. The molecule has 72 valence electrons. The number of hydrogen-bond donors (Lipinski definition) is 2. The monoisotopic (exact) mass is 243 g/mol. The van der Waals surface area contributed by atoms with Crippen molar-refractivity contribution >= 4 is 15.9 Å². The first-order valence-electron chi connectivity index (χ1n) is 4.22. The lowest BCUT2D eigenvalue weighted by Crippen LogP contribution is -2.23. The number of rotatable bonds is 2. The van der Waals surface area contributed by atoms with Crippen LogP contribution in [0.2, 0.25) is 0 Å². The summed E-state index contributed by atoms with van der Waals surface area (Å²) in [5, 5.41) is 9.30. The molecule has 0 heterocycles. The molecule has 0 aliphatic carbocycles. The number of nitrogens with two attached hydrogens (primary N) is 1. The van der Waals surface area contributed by atoms with Crippen LogP contribution in [0, 0.1) is 6.92 Å². The summed E-state index contributed by atoms with van der Waals surface area (Å²) in [5.41, 5.74) is 7.89. The van der Waals surface area contributed by atoms with Gasteiger partial charge in [0.05, 0.1) is 12.1 Å². The third-order valence-corrected chi connectivity index (χ3v) is 2.98. The molecule has 0 saturated heterocycles. The Morgan fingerprint density at radius 3 is 2.54 bits per heavy atom. The highest BCUT2D eigenvalue weighted by Gasteiger charge is 2.12. The molecule has 0 spiro atoms. The van der Waals surface area contributed by atoms with Crippen LogP contribution in [-0.4, -0.2) is 11.2 Å². The number of hydrogen-bond acceptors (Lipinski definition) is 2. The van der Waals surface area contributed by atoms with E-state index in [2.05, 4.69) is 15.9 Å². The lowest BCUT2D eigenvalue weighted by molar-refractivity contribution is 0.164. The second kappa shape index (κ2) is 4.22. The molecule has 1 aromatic carbocycles. The zero-order chi connectivity index (χ0) is 10.0. The van der Waals surface area contributed by atoms with Crippen molar-refractivity contribution in [1.82, 2.24) is 0 Å². The van der Waals surface area contributed by atoms with Crippen molar-refractivity contribution in [1.29, 1.82) is 0 Å². The van der Waals surface area contributed by atoms with E-state index in [0.29, 0.717) is 0 Å². The fourth-order valence-corrected chi connectivity index (χ4v) is 1.40. The summed E-state index contributed by atoms with van der Waals surface area (Å²) in [4.78, 5) is 0. The molecule has 3 heteroatoms. The Bertz CT molecular complexity index is 299. The molecular formula is C10H14BrNO. The Balaban J connectivity index is 2.97. The molecule has 1 rings (SSSR count). The first-order valence-corrected chi connectivity index (χ1v) is 5.01. The Morgan fingerprint density at radius 1 is 1.46 bits per heavy atom. The maximum atomic E-state index is 9.30. The molecule has 0 saturated carbocycles. The molecule has 1 unspecified atom stereocenters. The number of benzene rings is 1. The molecule has 0 aromatic heterocycles. The van der Waals surface area contributed by atoms with E-state index in [4.69, 9.17) is 5.73 Å². The van der Waals surface area contributed by atoms with Gasteiger partial charge in [-0.3, -0.25) is 0 Å². The number of aliphatic hydroxyl groups is 1. The Labute approximate surface area is 86.9 Å². The molecule has 0 fully saturated rings. The van der Waals surface area contributed by atoms with Gasteiger partial charge in [-0.2, -0.15) is 0 Å². The summed E-state index contributed by atoms with van der Waals surface area (Å²) in [7, 11) is 0. The van der Waals surface area contributed by atoms with Gasteiger partial charge in [0, 0.05) is 4.47 Å². The molecule has 0 amide bonds. The zero-order valence-corrected chi connectivity index (χ0v) is 9.38. The highest BCUT2D eigenvalue weighted by Crippen LogP contribution is 2.21. The van der Waals surface area contributed by atoms with Crippen molar-refractivity contribution in [2.24, 2.45) is 5.73 Å². The highest BCUT2D eigenvalue weighted by molar-refractivity contribution is 9.10. The van der Waals surface area contributed by atoms with Gasteiger partial charge in [-0.1, -0.05) is 28.1 Å². The van der Waals surface area contributed by atoms with Gasteiger partial charge in [0.15, 0.2) is 0 Å². The van der Waals surface area contributed by atoms with E-state index in [0.717, 1.165) is 15.6 Å². The summed E-state index contributed by atoms with van der Waals surface area (Å²) >= 11 is 3.41. The van der Waals surface area contributed by atoms with Gasteiger partial charge >= 0.3 is 0 Å². The van der Waals surface area contributed by atoms with Crippen LogP contribution in [0.5, 0.6) is 0 Å². The minimum absolute atomic E-state index is 0.299. The van der Waals surface area contributed by atoms with Crippen molar-refractivity contribution in [3.63, 3.8) is 0 Å². The zero-order valence-electron chi connectivity index (χ0n) is 7.79. The summed E-state index contributed by atoms with van der Waals surface area (Å²) < 4.78 is 1.06. The quantitative estimate of drug-likeness (QED) is 0.837. The van der Waals surface area contributed by atoms with E-state index in [1.807, 2.05) is 25.1 Å². The van der Waals surface area contributed by atoms with E-state index < -0.39 is 6.10 Å². The van der Waals surface area contributed by atoms with Gasteiger partial charge in [0.1, 0.15) is 0 Å². The average Bonchev–Trinajstić information content (AvgIpc) is 2.08. The largest absolute Gasteiger partial charge is 0.391 e. The van der Waals surface area contributed by atoms with E-state index in [1.54, 1.807) is 6.92 Å². The lowest BCUT2D eigenvalue weighted by atomic mass is 10.0. The Morgan fingerprint density at radius 2 is 2.08 bits per heavy atom. The number of aryl methyl sites for hydroxylation is 1. The van der Waals surface area contributed by atoms with E-state index >= 15 is 0 Å². The van der Waals surface area contributed by atoms with E-state index in [-0.39, 0.29) is 6.04 Å². The summed E-state index contributed by atoms with van der Waals surface area (Å²) in [6, 6.07) is 5.56. The smallest absolute Gasteiger partial charge is 0.0704 e. The first-order chi connectivity index (χ1) is 6.02. The third-order valence-electron chi connectivity index (χ3n) is 2.09. The van der Waals surface area contributed by atoms with Crippen molar-refractivity contribution in [3.8, 4) is 0 Å². The maximum absolute atomic E-state index is 9.30. The van der Waals surface area contributed by atoms with Gasteiger partial charge < -0.3 is 10.8 Å². The molecule has 13 heavy (non-hydrogen) atoms. The highest BCUT2D eigenvalue weighted by atomic mass is 79.9. The molecule has 0 aliphatic heterocycles. The SMILES string of the molecule is Cc1cc([C@@H](N)C(C)O)ccc1Br. The predicted octanol–water partition coefficient (Wildman–Crippen LogP) is 2.14. The van der Waals surface area contributed by atoms with Crippen LogP contribution in [0.1, 0.15) is 24.1 Å². The normalized spacial score (nSPS) is 15.5. The second-order valence-electron chi connectivity index (χ2n) is 3.28. The van der Waals surface area contributed by atoms with Gasteiger partial charge in [-0.05, 0) is 31.0 Å². The van der Waals surface area contributed by atoms with Crippen molar-refractivity contribution in [3.05, 3.63) is 33.8 Å². The van der Waals surface area contributed by atoms with Crippen LogP contribution in [0.15, 0.2) is 22.7 Å². The molecule has 0 bridgehead atoms. The van der Waals surface area contributed by atoms with Crippen molar-refractivity contribution < 1.29 is 5.11 Å². The maximum Gasteiger partial charge on any atom is 0.0704 e. The van der Waals surface area contributed by atoms with Crippen LogP contribution in [-0.2, 0) is 0 Å². The molecule has 2 atom stereocenters. The van der Waals surface area contributed by atoms with E-state index in [9.17, 15) is 5.11 Å². The van der Waals surface area contributed by atoms with Crippen LogP contribution in [0.4, 0.5) is 0 Å². The minimum atomic E-state index is -0.513. The predicted molar refractivity (Wildman–Crippen MR) is 57.5 cm³/mol. The van der Waals surface area contributed by atoms with E-state index in [1.165, 1.54) is 0 Å². The standard InChI is InChI=1S/C10H14BrNO/c1-6-5-8(3-4-9(6)11)10(12)7(2)13/h3-5,7,10,13H,12H2,1-2H3/t7?,10-/m0/s1. The Kier molecular flexibility index (Phi) is 3.47. The molecule has 2 nitrogen and oxygen atoms in total. The molecule has 0 aliphatic rings. The van der Waals surface area contributed by atoms with Gasteiger partial charge in [-0.15, -0.1) is 0 Å². The van der Waals surface area contributed by atoms with Crippen LogP contribution < -0.4 is 5.73 Å². The Hall–Kier alpha value is -0.380. The molecule has 1 aromatic rings. The van der Waals surface area contributed by atoms with Gasteiger partial charge in [0.2, 0.25) is 0 Å². The number of halogens is 1.